The Bertz CT molecular complexity index is 2700. The van der Waals surface area contributed by atoms with Crippen LogP contribution in [0.25, 0.3) is 0 Å². The Balaban J connectivity index is 1.37. The van der Waals surface area contributed by atoms with Crippen molar-refractivity contribution in [2.45, 2.75) is 202 Å². The number of carbonyl (C=O) groups is 4. The summed E-state index contributed by atoms with van der Waals surface area (Å²) in [6, 6.07) is 11.2. The predicted octanol–water partition coefficient (Wildman–Crippen LogP) is 3.76. The normalized spacial score (nSPS) is 32.8. The van der Waals surface area contributed by atoms with Gasteiger partial charge in [-0.2, -0.15) is 0 Å². The van der Waals surface area contributed by atoms with Crippen molar-refractivity contribution in [3.05, 3.63) is 145 Å². The van der Waals surface area contributed by atoms with Crippen LogP contribution in [-0.2, 0) is 39.8 Å². The van der Waals surface area contributed by atoms with Crippen LogP contribution in [0.15, 0.2) is 134 Å². The number of fused-ring (bicyclic) bond motifs is 2. The number of carbonyl (C=O) groups excluding carboxylic acids is 4. The number of allylic oxidation sites excluding steroid dienone is 12. The first kappa shape index (κ1) is 73.8. The molecule has 0 radical (unpaired) electrons. The minimum atomic E-state index is -2.30. The third-order valence-corrected chi connectivity index (χ3v) is 16.2. The van der Waals surface area contributed by atoms with Crippen molar-refractivity contribution in [2.75, 3.05) is 26.0 Å². The van der Waals surface area contributed by atoms with E-state index in [1.807, 2.05) is 32.1 Å². The Labute approximate surface area is 522 Å². The van der Waals surface area contributed by atoms with E-state index in [0.29, 0.717) is 24.1 Å². The first-order valence-corrected chi connectivity index (χ1v) is 30.8. The fourth-order valence-corrected chi connectivity index (χ4v) is 11.2. The van der Waals surface area contributed by atoms with Crippen LogP contribution in [0.5, 0.6) is 0 Å². The van der Waals surface area contributed by atoms with Gasteiger partial charge in [0.05, 0.1) is 85.5 Å². The number of nitrogens with zero attached hydrogens (tertiary/aromatic N) is 2. The first-order chi connectivity index (χ1) is 42.3. The number of ketones is 2. The van der Waals surface area contributed by atoms with E-state index < -0.39 is 160 Å². The Hall–Kier alpha value is -5.93. The summed E-state index contributed by atoms with van der Waals surface area (Å²) >= 11 is 0. The van der Waals surface area contributed by atoms with Gasteiger partial charge >= 0.3 is 5.97 Å². The summed E-state index contributed by atoms with van der Waals surface area (Å²) < 4.78 is 24.5. The monoisotopic (exact) mass is 1240 g/mol. The molecule has 22 nitrogen and oxygen atoms in total. The lowest BCUT2D eigenvalue weighted by Crippen LogP contribution is -2.62. The largest absolute Gasteiger partial charge is 0.461 e. The summed E-state index contributed by atoms with van der Waals surface area (Å²) in [5.41, 5.74) is 8.20. The highest BCUT2D eigenvalue weighted by molar-refractivity contribution is 5.96. The molecular formula is C67H96N4O18. The van der Waals surface area contributed by atoms with Crippen molar-refractivity contribution in [2.24, 2.45) is 23.5 Å². The van der Waals surface area contributed by atoms with Gasteiger partial charge in [0.1, 0.15) is 18.0 Å². The number of pyridine rings is 1. The van der Waals surface area contributed by atoms with Gasteiger partial charge in [-0.25, -0.2) is 0 Å². The Morgan fingerprint density at radius 2 is 1.35 bits per heavy atom. The van der Waals surface area contributed by atoms with Crippen molar-refractivity contribution in [1.29, 1.82) is 0 Å². The molecule has 5 rings (SSSR count). The zero-order chi connectivity index (χ0) is 65.2. The number of nitrogens with two attached hydrogens (primary N) is 1. The molecule has 2 aromatic rings. The van der Waals surface area contributed by atoms with Gasteiger partial charge in [0.2, 0.25) is 5.91 Å². The summed E-state index contributed by atoms with van der Waals surface area (Å²) in [5.74, 6) is -6.47. The van der Waals surface area contributed by atoms with Crippen LogP contribution < -0.4 is 11.1 Å². The van der Waals surface area contributed by atoms with E-state index in [0.717, 1.165) is 5.69 Å². The molecule has 3 aliphatic heterocycles. The van der Waals surface area contributed by atoms with Crippen LogP contribution >= 0.6 is 0 Å². The molecule has 1 amide bonds. The van der Waals surface area contributed by atoms with Crippen LogP contribution in [-0.4, -0.2) is 203 Å². The van der Waals surface area contributed by atoms with Gasteiger partial charge in [-0.05, 0) is 81.3 Å². The zero-order valence-corrected chi connectivity index (χ0v) is 51.7. The number of aliphatic hydroxyl groups excluding tert-OH is 9. The lowest BCUT2D eigenvalue weighted by molar-refractivity contribution is -0.307. The van der Waals surface area contributed by atoms with E-state index in [9.17, 15) is 70.2 Å². The summed E-state index contributed by atoms with van der Waals surface area (Å²) in [4.78, 5) is 59.6. The number of hydrogen-bond acceptors (Lipinski definition) is 21. The number of hydrogen-bond donors (Lipinski definition) is 12. The molecule has 19 atom stereocenters. The third-order valence-electron chi connectivity index (χ3n) is 16.2. The number of ether oxygens (including phenoxy) is 4. The number of likely N-dealkylation sites (N-methyl/N-ethyl adjacent to an activating group) is 1. The first-order valence-electron chi connectivity index (χ1n) is 30.8. The molecule has 0 spiro atoms. The molecule has 0 aliphatic carbocycles. The minimum Gasteiger partial charge on any atom is -0.461 e. The molecule has 1 aromatic carbocycles. The minimum absolute atomic E-state index is 0.104. The fraction of sp³-hybridized carbons (Fsp3) is 0.567. The fourth-order valence-electron chi connectivity index (χ4n) is 11.2. The Morgan fingerprint density at radius 1 is 0.753 bits per heavy atom. The van der Waals surface area contributed by atoms with Crippen LogP contribution in [0.2, 0.25) is 0 Å². The molecule has 3 aliphatic rings. The summed E-state index contributed by atoms with van der Waals surface area (Å²) in [7, 11) is 3.33. The lowest BCUT2D eigenvalue weighted by Gasteiger charge is -2.46. The SMILES string of the molecule is CNc1ccc(C(=O)CC(O)CCC(C)C2OC(=O)CC(O)CC(=O)CC(O)CC(O)CC(O)CC(O)CC3(O)CC(O)C(C(=O)N(C)CCc4ccccn4)C(CC(O[C@@H]4O[C@H](C)[C@@H](O)[C@H](N)[C@@H]4O)C=CC=CC=CC=CC=CC=CC=CC2C)O3)cc1. The maximum atomic E-state index is 14.4. The Morgan fingerprint density at radius 3 is 1.97 bits per heavy atom. The summed E-state index contributed by atoms with van der Waals surface area (Å²) in [6.07, 6.45) is 5.08. The number of nitrogens with one attached hydrogen (secondary N) is 1. The van der Waals surface area contributed by atoms with E-state index in [2.05, 4.69) is 10.3 Å². The Kier molecular flexibility index (Phi) is 31.0. The number of rotatable bonds is 14. The second-order valence-corrected chi connectivity index (χ2v) is 23.9. The van der Waals surface area contributed by atoms with Crippen molar-refractivity contribution >= 4 is 29.1 Å². The molecule has 14 unspecified atom stereocenters. The maximum Gasteiger partial charge on any atom is 0.308 e. The topological polar surface area (TPSA) is 362 Å². The van der Waals surface area contributed by atoms with E-state index in [1.54, 1.807) is 137 Å². The second-order valence-electron chi connectivity index (χ2n) is 23.9. The van der Waals surface area contributed by atoms with Gasteiger partial charge in [0.25, 0.3) is 0 Å². The van der Waals surface area contributed by atoms with Crippen LogP contribution in [0.4, 0.5) is 5.69 Å². The lowest BCUT2D eigenvalue weighted by atomic mass is 9.81. The molecule has 2 fully saturated rings. The van der Waals surface area contributed by atoms with Gasteiger partial charge < -0.3 is 86.0 Å². The molecule has 22 heteroatoms. The smallest absolute Gasteiger partial charge is 0.308 e. The average molecular weight is 1250 g/mol. The highest BCUT2D eigenvalue weighted by Crippen LogP contribution is 2.39. The molecular weight excluding hydrogens is 1150 g/mol. The number of anilines is 1. The van der Waals surface area contributed by atoms with Gasteiger partial charge in [-0.3, -0.25) is 24.2 Å². The number of Topliss-reactive ketones (excluding diaryl/α,β-unsaturated/α-hetero) is 2. The maximum absolute atomic E-state index is 14.4. The molecule has 89 heavy (non-hydrogen) atoms. The quantitative estimate of drug-likeness (QED) is 0.0946. The molecule has 4 heterocycles. The number of amides is 1. The number of esters is 1. The highest BCUT2D eigenvalue weighted by Gasteiger charge is 2.51. The number of aliphatic hydroxyl groups is 10. The summed E-state index contributed by atoms with van der Waals surface area (Å²) in [5, 5.41) is 115. The number of aromatic nitrogens is 1. The van der Waals surface area contributed by atoms with E-state index in [-0.39, 0.29) is 56.3 Å². The van der Waals surface area contributed by atoms with Crippen molar-refractivity contribution in [3.63, 3.8) is 0 Å². The molecule has 2 saturated heterocycles. The second kappa shape index (κ2) is 37.4. The van der Waals surface area contributed by atoms with Crippen molar-refractivity contribution in [1.82, 2.24) is 9.88 Å². The molecule has 1 aromatic heterocycles. The number of cyclic esters (lactones) is 1. The molecule has 0 saturated carbocycles. The van der Waals surface area contributed by atoms with Gasteiger partial charge in [-0.1, -0.05) is 105 Å². The van der Waals surface area contributed by atoms with Gasteiger partial charge in [0.15, 0.2) is 17.9 Å². The van der Waals surface area contributed by atoms with Crippen LogP contribution in [0.1, 0.15) is 114 Å². The van der Waals surface area contributed by atoms with Gasteiger partial charge in [0, 0.05) is 94.6 Å². The van der Waals surface area contributed by atoms with E-state index in [4.69, 9.17) is 24.7 Å². The van der Waals surface area contributed by atoms with Crippen LogP contribution in [0.3, 0.4) is 0 Å². The molecule has 13 N–H and O–H groups in total. The predicted molar refractivity (Wildman–Crippen MR) is 333 cm³/mol. The number of benzene rings is 1. The zero-order valence-electron chi connectivity index (χ0n) is 51.7. The van der Waals surface area contributed by atoms with E-state index >= 15 is 0 Å². The standard InChI is InChI=1S/C67H96N4O18/c1-42-20-16-14-12-10-8-6-7-9-11-13-15-17-22-55(87-66-63(83)61(68)62(82)44(3)86-66)39-58-60(65(84)71(5)31-29-47-21-18-19-30-70-47)57(80)41-67(85,89-58)40-54(78)36-52(76)34-50(74)32-49(73)33-51(75)35-53(77)38-59(81)88-64(42)43(2)23-28-48(72)37-56(79)45-24-26-46(69-4)27-25-45/h6-22,24-27,30,42-44,48-50,52-55,57-58,60-64,66,69,72-74,76-78,80,82-83,85H,23,28-29,31-41,68H2,1-5H3/t42?,43?,44-,48?,49?,50?,52?,53?,54?,55?,57?,58?,60?,61+,62-,63+,64?,66+,67?/m1/s1. The average Bonchev–Trinajstić information content (AvgIpc) is 1.92. The highest BCUT2D eigenvalue weighted by atomic mass is 16.7. The van der Waals surface area contributed by atoms with Crippen molar-refractivity contribution < 1.29 is 89.2 Å². The summed E-state index contributed by atoms with van der Waals surface area (Å²) in [6.45, 7) is 5.47. The van der Waals surface area contributed by atoms with Gasteiger partial charge in [-0.15, -0.1) is 0 Å². The third kappa shape index (κ3) is 25.3. The molecule has 492 valence electrons. The van der Waals surface area contributed by atoms with E-state index in [1.165, 1.54) is 4.90 Å². The van der Waals surface area contributed by atoms with Crippen LogP contribution in [0, 0.1) is 17.8 Å². The van der Waals surface area contributed by atoms with Crippen molar-refractivity contribution in [3.8, 4) is 0 Å². The molecule has 2 bridgehead atoms.